The molecule has 0 N–H and O–H groups in total. The topological polar surface area (TPSA) is 152 Å². The first-order valence-corrected chi connectivity index (χ1v) is 13.1. The third kappa shape index (κ3) is 4.99. The van der Waals surface area contributed by atoms with Crippen LogP contribution in [0, 0.1) is 16.0 Å². The van der Waals surface area contributed by atoms with Gasteiger partial charge >= 0.3 is 31.1 Å². The van der Waals surface area contributed by atoms with Gasteiger partial charge in [-0.15, -0.1) is 0 Å². The van der Waals surface area contributed by atoms with Gasteiger partial charge in [-0.05, 0) is 18.4 Å². The summed E-state index contributed by atoms with van der Waals surface area (Å²) in [4.78, 5) is 9.10. The Hall–Kier alpha value is -2.03. The molecule has 1 saturated heterocycles. The van der Waals surface area contributed by atoms with Crippen molar-refractivity contribution in [2.75, 3.05) is 13.1 Å². The van der Waals surface area contributed by atoms with Crippen LogP contribution in [0.4, 0.5) is 32.0 Å². The van der Waals surface area contributed by atoms with Gasteiger partial charge in [0, 0.05) is 19.2 Å². The molecular formula is C14H15F6N3O8S3. The van der Waals surface area contributed by atoms with Crippen molar-refractivity contribution in [2.24, 2.45) is 5.92 Å². The van der Waals surface area contributed by atoms with Crippen LogP contribution in [0.1, 0.15) is 13.3 Å². The fraction of sp³-hybridized carbons (Fsp3) is 0.571. The highest BCUT2D eigenvalue weighted by atomic mass is 32.3. The number of alkyl halides is 6. The monoisotopic (exact) mass is 563 g/mol. The zero-order valence-corrected chi connectivity index (χ0v) is 19.1. The van der Waals surface area contributed by atoms with Crippen molar-refractivity contribution in [3.63, 3.8) is 0 Å². The third-order valence-electron chi connectivity index (χ3n) is 4.64. The predicted octanol–water partition coefficient (Wildman–Crippen LogP) is 2.00. The standard InChI is InChI=1S/C14H15F6N3O8S3/c1-9-6-10(23(33(28,29)13(15,16)17)34(30,31)14(18,19)20)8-21(7-9)32(26,27)12-5-3-2-4-11(12)22(24)25/h2-5,9-10H,6-8H2,1H3/t9-,10+/m0/s1. The molecule has 1 aliphatic heterocycles. The molecule has 0 amide bonds. The van der Waals surface area contributed by atoms with Gasteiger partial charge in [-0.1, -0.05) is 22.8 Å². The summed E-state index contributed by atoms with van der Waals surface area (Å²) in [5.41, 5.74) is -13.9. The number of hydrogen-bond acceptors (Lipinski definition) is 8. The average molecular weight is 563 g/mol. The van der Waals surface area contributed by atoms with Crippen molar-refractivity contribution in [2.45, 2.75) is 35.3 Å². The molecule has 1 aliphatic rings. The maximum atomic E-state index is 13.1. The van der Waals surface area contributed by atoms with Gasteiger partial charge in [-0.3, -0.25) is 10.1 Å². The zero-order valence-electron chi connectivity index (χ0n) is 16.7. The Kier molecular flexibility index (Phi) is 7.37. The van der Waals surface area contributed by atoms with Gasteiger partial charge in [-0.2, -0.15) is 30.6 Å². The van der Waals surface area contributed by atoms with Gasteiger partial charge in [0.15, 0.2) is 4.90 Å². The molecule has 2 rings (SSSR count). The molecule has 1 fully saturated rings. The number of benzene rings is 1. The highest BCUT2D eigenvalue weighted by Crippen LogP contribution is 2.40. The highest BCUT2D eigenvalue weighted by Gasteiger charge is 2.64. The molecule has 11 nitrogen and oxygen atoms in total. The summed E-state index contributed by atoms with van der Waals surface area (Å²) >= 11 is 0. The first kappa shape index (κ1) is 28.2. The van der Waals surface area contributed by atoms with Crippen molar-refractivity contribution < 1.29 is 56.5 Å². The van der Waals surface area contributed by atoms with Crippen LogP contribution in [-0.4, -0.2) is 68.3 Å². The van der Waals surface area contributed by atoms with Gasteiger partial charge in [0.2, 0.25) is 10.0 Å². The van der Waals surface area contributed by atoms with Crippen LogP contribution >= 0.6 is 0 Å². The summed E-state index contributed by atoms with van der Waals surface area (Å²) in [5.74, 6) is -1.15. The summed E-state index contributed by atoms with van der Waals surface area (Å²) < 4.78 is 151. The minimum Gasteiger partial charge on any atom is -0.258 e. The van der Waals surface area contributed by atoms with Gasteiger partial charge in [0.25, 0.3) is 5.69 Å². The van der Waals surface area contributed by atoms with Crippen LogP contribution in [0.5, 0.6) is 0 Å². The number of rotatable bonds is 6. The Morgan fingerprint density at radius 3 is 1.85 bits per heavy atom. The molecule has 0 aliphatic carbocycles. The van der Waals surface area contributed by atoms with E-state index in [0.717, 1.165) is 31.2 Å². The number of piperidine rings is 1. The van der Waals surface area contributed by atoms with E-state index in [1.54, 1.807) is 0 Å². The molecule has 34 heavy (non-hydrogen) atoms. The van der Waals surface area contributed by atoms with E-state index in [9.17, 15) is 61.7 Å². The molecular weight excluding hydrogens is 548 g/mol. The summed E-state index contributed by atoms with van der Waals surface area (Å²) in [6.07, 6.45) is -0.895. The van der Waals surface area contributed by atoms with Gasteiger partial charge in [0.1, 0.15) is 0 Å². The molecule has 0 aromatic heterocycles. The van der Waals surface area contributed by atoms with E-state index in [4.69, 9.17) is 0 Å². The molecule has 1 aromatic rings. The highest BCUT2D eigenvalue weighted by molar-refractivity contribution is 8.04. The summed E-state index contributed by atoms with van der Waals surface area (Å²) in [6.45, 7) is -0.938. The van der Waals surface area contributed by atoms with Gasteiger partial charge < -0.3 is 0 Å². The van der Waals surface area contributed by atoms with Crippen molar-refractivity contribution >= 4 is 35.8 Å². The number of para-hydroxylation sites is 1. The molecule has 2 atom stereocenters. The maximum absolute atomic E-state index is 13.1. The Morgan fingerprint density at radius 1 is 0.941 bits per heavy atom. The van der Waals surface area contributed by atoms with E-state index in [0.29, 0.717) is 0 Å². The minimum atomic E-state index is -7.16. The van der Waals surface area contributed by atoms with Crippen LogP contribution in [0.15, 0.2) is 29.2 Å². The molecule has 0 saturated carbocycles. The molecule has 194 valence electrons. The SMILES string of the molecule is C[C@H]1C[C@@H](N(S(=O)(=O)C(F)(F)F)S(=O)(=O)C(F)(F)F)CN(S(=O)(=O)c2ccccc2[N+](=O)[O-])C1. The molecule has 0 bridgehead atoms. The van der Waals surface area contributed by atoms with Crippen molar-refractivity contribution in [1.82, 2.24) is 8.02 Å². The maximum Gasteiger partial charge on any atom is 0.512 e. The fourth-order valence-electron chi connectivity index (χ4n) is 3.31. The second kappa shape index (κ2) is 8.88. The van der Waals surface area contributed by atoms with E-state index >= 15 is 0 Å². The quantitative estimate of drug-likeness (QED) is 0.290. The number of sulfonamides is 3. The van der Waals surface area contributed by atoms with Crippen molar-refractivity contribution in [3.8, 4) is 0 Å². The van der Waals surface area contributed by atoms with E-state index in [1.807, 2.05) is 0 Å². The van der Waals surface area contributed by atoms with Crippen LogP contribution in [0.3, 0.4) is 0 Å². The molecule has 0 radical (unpaired) electrons. The van der Waals surface area contributed by atoms with Crippen LogP contribution in [-0.2, 0) is 30.1 Å². The Labute approximate surface area is 189 Å². The number of hydrogen-bond donors (Lipinski definition) is 0. The Bertz CT molecular complexity index is 1230. The second-order valence-electron chi connectivity index (χ2n) is 7.17. The average Bonchev–Trinajstić information content (AvgIpc) is 2.65. The minimum absolute atomic E-state index is 0.207. The van der Waals surface area contributed by atoms with E-state index in [1.165, 1.54) is 0 Å². The van der Waals surface area contributed by atoms with Gasteiger partial charge in [-0.25, -0.2) is 25.3 Å². The summed E-state index contributed by atoms with van der Waals surface area (Å²) in [5, 5.41) is 11.2. The van der Waals surface area contributed by atoms with Crippen LogP contribution < -0.4 is 0 Å². The van der Waals surface area contributed by atoms with E-state index in [-0.39, 0.29) is 4.31 Å². The number of nitrogens with zero attached hydrogens (tertiary/aromatic N) is 3. The van der Waals surface area contributed by atoms with Gasteiger partial charge in [0.05, 0.1) is 11.0 Å². The van der Waals surface area contributed by atoms with E-state index in [2.05, 4.69) is 0 Å². The Balaban J connectivity index is 2.68. The van der Waals surface area contributed by atoms with Crippen LogP contribution in [0.2, 0.25) is 0 Å². The van der Waals surface area contributed by atoms with Crippen molar-refractivity contribution in [1.29, 1.82) is 0 Å². The third-order valence-corrected chi connectivity index (χ3v) is 10.4. The Morgan fingerprint density at radius 2 is 1.41 bits per heavy atom. The fourth-order valence-corrected chi connectivity index (χ4v) is 8.10. The molecule has 1 aromatic carbocycles. The molecule has 20 heteroatoms. The largest absolute Gasteiger partial charge is 0.512 e. The first-order chi connectivity index (χ1) is 15.2. The second-order valence-corrected chi connectivity index (χ2v) is 12.9. The van der Waals surface area contributed by atoms with Crippen LogP contribution in [0.25, 0.3) is 0 Å². The predicted molar refractivity (Wildman–Crippen MR) is 101 cm³/mol. The smallest absolute Gasteiger partial charge is 0.258 e. The van der Waals surface area contributed by atoms with E-state index < -0.39 is 91.8 Å². The lowest BCUT2D eigenvalue weighted by atomic mass is 9.98. The lowest BCUT2D eigenvalue weighted by molar-refractivity contribution is -0.387. The summed E-state index contributed by atoms with van der Waals surface area (Å²) in [7, 11) is -19.3. The lowest BCUT2D eigenvalue weighted by Gasteiger charge is -2.39. The normalized spacial score (nSPS) is 21.5. The zero-order chi connectivity index (χ0) is 26.5. The number of nitro groups is 1. The summed E-state index contributed by atoms with van der Waals surface area (Å²) in [6, 6.07) is 1.01. The number of nitro benzene ring substituents is 1. The van der Waals surface area contributed by atoms with Crippen molar-refractivity contribution in [3.05, 3.63) is 34.4 Å². The number of halogens is 6. The molecule has 1 heterocycles. The molecule has 0 spiro atoms. The lowest BCUT2D eigenvalue weighted by Crippen LogP contribution is -2.59. The molecule has 0 unspecified atom stereocenters. The first-order valence-electron chi connectivity index (χ1n) is 8.81.